The summed E-state index contributed by atoms with van der Waals surface area (Å²) in [4.78, 5) is 10.8. The molecule has 4 rings (SSSR count). The molecule has 0 bridgehead atoms. The van der Waals surface area contributed by atoms with E-state index in [0.717, 1.165) is 0 Å². The van der Waals surface area contributed by atoms with Gasteiger partial charge in [-0.05, 0) is 44.3 Å². The van der Waals surface area contributed by atoms with E-state index in [-0.39, 0.29) is 35.4 Å². The number of methoxy groups -OCH3 is 4. The first-order chi connectivity index (χ1) is 20.7. The fourth-order valence-corrected chi connectivity index (χ4v) is 5.21. The molecule has 0 saturated heterocycles. The molecule has 2 heterocycles. The second-order valence-electron chi connectivity index (χ2n) is 10.2. The first-order valence-corrected chi connectivity index (χ1v) is 13.5. The predicted molar refractivity (Wildman–Crippen MR) is 160 cm³/mol. The number of pyridine rings is 2. The molecule has 0 saturated carbocycles. The maximum Gasteiger partial charge on any atom is 0.217 e. The molecule has 0 fully saturated rings. The molecule has 0 radical (unpaired) electrons. The van der Waals surface area contributed by atoms with Crippen LogP contribution in [0.3, 0.4) is 0 Å². The van der Waals surface area contributed by atoms with Gasteiger partial charge in [-0.25, -0.2) is 9.37 Å². The summed E-state index contributed by atoms with van der Waals surface area (Å²) >= 11 is 0. The lowest BCUT2D eigenvalue weighted by Crippen LogP contribution is -2.38. The minimum absolute atomic E-state index is 0.0141. The van der Waals surface area contributed by atoms with E-state index < -0.39 is 17.3 Å². The maximum absolute atomic E-state index is 16.3. The number of hydrogen-bond acceptors (Lipinski definition) is 9. The Kier molecular flexibility index (Phi) is 9.80. The van der Waals surface area contributed by atoms with E-state index in [1.165, 1.54) is 34.5 Å². The highest BCUT2D eigenvalue weighted by Crippen LogP contribution is 2.49. The Labute approximate surface area is 251 Å². The van der Waals surface area contributed by atoms with E-state index in [0.29, 0.717) is 34.4 Å². The third-order valence-electron chi connectivity index (χ3n) is 7.38. The zero-order chi connectivity index (χ0) is 31.1. The molecular formula is C33H35FN4O5. The summed E-state index contributed by atoms with van der Waals surface area (Å²) in [6, 6.07) is 19.1. The number of halogens is 1. The lowest BCUT2D eigenvalue weighted by atomic mass is 9.71. The van der Waals surface area contributed by atoms with Crippen LogP contribution in [0.25, 0.3) is 11.1 Å². The third-order valence-corrected chi connectivity index (χ3v) is 7.38. The van der Waals surface area contributed by atoms with Gasteiger partial charge in [0.25, 0.3) is 0 Å². The van der Waals surface area contributed by atoms with Gasteiger partial charge in [-0.3, -0.25) is 0 Å². The first-order valence-electron chi connectivity index (χ1n) is 13.5. The number of benzene rings is 2. The van der Waals surface area contributed by atoms with Gasteiger partial charge in [0, 0.05) is 47.1 Å². The molecule has 2 atom stereocenters. The lowest BCUT2D eigenvalue weighted by Gasteiger charge is -2.39. The van der Waals surface area contributed by atoms with Crippen LogP contribution in [0.2, 0.25) is 0 Å². The number of hydrogen-bond donors (Lipinski definition) is 1. The highest BCUT2D eigenvalue weighted by molar-refractivity contribution is 5.71. The van der Waals surface area contributed by atoms with E-state index in [2.05, 4.69) is 16.0 Å². The number of aromatic nitrogens is 2. The Hall–Kier alpha value is -4.72. The Bertz CT molecular complexity index is 1600. The smallest absolute Gasteiger partial charge is 0.217 e. The van der Waals surface area contributed by atoms with Crippen LogP contribution in [0.15, 0.2) is 66.9 Å². The molecule has 43 heavy (non-hydrogen) atoms. The maximum atomic E-state index is 16.3. The molecule has 0 amide bonds. The van der Waals surface area contributed by atoms with E-state index in [1.54, 1.807) is 48.7 Å². The predicted octanol–water partition coefficient (Wildman–Crippen LogP) is 5.16. The summed E-state index contributed by atoms with van der Waals surface area (Å²) < 4.78 is 38.3. The van der Waals surface area contributed by atoms with Gasteiger partial charge in [0.15, 0.2) is 11.6 Å². The molecule has 2 aromatic heterocycles. The second kappa shape index (κ2) is 13.5. The monoisotopic (exact) mass is 586 g/mol. The molecule has 1 N–H and O–H groups in total. The van der Waals surface area contributed by atoms with Crippen LogP contribution < -0.4 is 18.9 Å². The minimum atomic E-state index is -1.79. The van der Waals surface area contributed by atoms with Crippen molar-refractivity contribution in [1.82, 2.24) is 14.9 Å². The van der Waals surface area contributed by atoms with Crippen molar-refractivity contribution in [3.8, 4) is 40.6 Å². The van der Waals surface area contributed by atoms with Crippen molar-refractivity contribution in [3.05, 3.63) is 94.9 Å². The van der Waals surface area contributed by atoms with Crippen molar-refractivity contribution >= 4 is 0 Å². The number of ether oxygens (including phenoxy) is 4. The molecule has 9 nitrogen and oxygen atoms in total. The fraction of sp³-hybridized carbons (Fsp3) is 0.303. The van der Waals surface area contributed by atoms with Crippen molar-refractivity contribution in [2.45, 2.75) is 17.9 Å². The minimum Gasteiger partial charge on any atom is -0.494 e. The molecule has 10 heteroatoms. The standard InChI is InChI=1S/C33H35FN4O5/c1-38(2)15-14-33(39,23-17-28(41-4)37-29(18-23)42-5)30(25-12-9-13-27(40-3)31(25)34)26-16-22(20-36-32(26)43-6)24-11-8-7-10-21(24)19-35/h7-13,16-18,20,30,39H,14-15H2,1-6H3. The number of nitriles is 1. The summed E-state index contributed by atoms with van der Waals surface area (Å²) in [5, 5.41) is 22.8. The number of aliphatic hydroxyl groups is 1. The SMILES string of the molecule is COc1cc(C(O)(CCN(C)C)C(c2cc(-c3ccccc3C#N)cnc2OC)c2cccc(OC)c2F)cc(OC)n1. The number of rotatable bonds is 12. The Morgan fingerprint density at radius 2 is 1.63 bits per heavy atom. The van der Waals surface area contributed by atoms with Crippen LogP contribution >= 0.6 is 0 Å². The Morgan fingerprint density at radius 3 is 2.23 bits per heavy atom. The van der Waals surface area contributed by atoms with Gasteiger partial charge < -0.3 is 29.0 Å². The zero-order valence-electron chi connectivity index (χ0n) is 25.1. The van der Waals surface area contributed by atoms with Crippen LogP contribution in [-0.2, 0) is 5.60 Å². The molecule has 0 aliphatic carbocycles. The third kappa shape index (κ3) is 6.38. The van der Waals surface area contributed by atoms with Crippen molar-refractivity contribution in [3.63, 3.8) is 0 Å². The quantitative estimate of drug-likeness (QED) is 0.241. The molecule has 2 unspecified atom stereocenters. The van der Waals surface area contributed by atoms with E-state index >= 15 is 4.39 Å². The van der Waals surface area contributed by atoms with Gasteiger partial charge >= 0.3 is 0 Å². The normalized spacial score (nSPS) is 13.1. The van der Waals surface area contributed by atoms with Gasteiger partial charge in [0.2, 0.25) is 17.6 Å². The highest BCUT2D eigenvalue weighted by Gasteiger charge is 2.44. The van der Waals surface area contributed by atoms with Gasteiger partial charge in [-0.2, -0.15) is 10.2 Å². The van der Waals surface area contributed by atoms with Crippen LogP contribution in [-0.4, -0.2) is 69.1 Å². The van der Waals surface area contributed by atoms with Gasteiger partial charge in [-0.1, -0.05) is 30.3 Å². The summed E-state index contributed by atoms with van der Waals surface area (Å²) in [5.74, 6) is -1.11. The average molecular weight is 587 g/mol. The molecule has 2 aromatic carbocycles. The Morgan fingerprint density at radius 1 is 0.930 bits per heavy atom. The van der Waals surface area contributed by atoms with Gasteiger partial charge in [0.05, 0.1) is 46.0 Å². The van der Waals surface area contributed by atoms with Crippen LogP contribution in [0.4, 0.5) is 4.39 Å². The highest BCUT2D eigenvalue weighted by atomic mass is 19.1. The summed E-state index contributed by atoms with van der Waals surface area (Å²) in [5.41, 5.74) is 0.822. The number of nitrogens with zero attached hydrogens (tertiary/aromatic N) is 4. The van der Waals surface area contributed by atoms with E-state index in [4.69, 9.17) is 18.9 Å². The largest absolute Gasteiger partial charge is 0.494 e. The van der Waals surface area contributed by atoms with Crippen LogP contribution in [0.5, 0.6) is 23.4 Å². The van der Waals surface area contributed by atoms with Gasteiger partial charge in [-0.15, -0.1) is 0 Å². The van der Waals surface area contributed by atoms with Crippen molar-refractivity contribution in [2.75, 3.05) is 49.1 Å². The summed E-state index contributed by atoms with van der Waals surface area (Å²) in [7, 11) is 9.55. The van der Waals surface area contributed by atoms with Crippen LogP contribution in [0.1, 0.15) is 34.6 Å². The first kappa shape index (κ1) is 31.2. The molecule has 0 aliphatic heterocycles. The van der Waals surface area contributed by atoms with E-state index in [9.17, 15) is 10.4 Å². The van der Waals surface area contributed by atoms with Crippen molar-refractivity contribution in [1.29, 1.82) is 5.26 Å². The summed E-state index contributed by atoms with van der Waals surface area (Å²) in [6.07, 6.45) is 1.74. The van der Waals surface area contributed by atoms with E-state index in [1.807, 2.05) is 31.1 Å². The molecule has 4 aromatic rings. The van der Waals surface area contributed by atoms with Gasteiger partial charge in [0.1, 0.15) is 5.60 Å². The summed E-state index contributed by atoms with van der Waals surface area (Å²) in [6.45, 7) is 0.429. The van der Waals surface area contributed by atoms with Crippen LogP contribution in [0, 0.1) is 17.1 Å². The molecular weight excluding hydrogens is 551 g/mol. The van der Waals surface area contributed by atoms with Crippen molar-refractivity contribution in [2.24, 2.45) is 0 Å². The zero-order valence-corrected chi connectivity index (χ0v) is 25.1. The Balaban J connectivity index is 2.12. The molecule has 0 aliphatic rings. The van der Waals surface area contributed by atoms with Crippen molar-refractivity contribution < 1.29 is 28.4 Å². The average Bonchev–Trinajstić information content (AvgIpc) is 3.04. The topological polar surface area (TPSA) is 110 Å². The fourth-order valence-electron chi connectivity index (χ4n) is 5.21. The molecule has 0 spiro atoms. The molecule has 224 valence electrons. The lowest BCUT2D eigenvalue weighted by molar-refractivity contribution is 0.00229. The second-order valence-corrected chi connectivity index (χ2v) is 10.2.